The largest absolute Gasteiger partial charge is 0.504 e. The van der Waals surface area contributed by atoms with Crippen LogP contribution in [0, 0.1) is 5.92 Å². The Labute approximate surface area is 140 Å². The van der Waals surface area contributed by atoms with E-state index in [1.807, 2.05) is 20.8 Å². The molecule has 24 heavy (non-hydrogen) atoms. The van der Waals surface area contributed by atoms with Crippen LogP contribution in [0.5, 0.6) is 11.5 Å². The lowest BCUT2D eigenvalue weighted by Crippen LogP contribution is -2.43. The van der Waals surface area contributed by atoms with E-state index in [0.29, 0.717) is 11.3 Å². The molecule has 7 heteroatoms. The highest BCUT2D eigenvalue weighted by Gasteiger charge is 2.60. The van der Waals surface area contributed by atoms with E-state index in [2.05, 4.69) is 0 Å². The van der Waals surface area contributed by atoms with Gasteiger partial charge in [-0.15, -0.1) is 0 Å². The van der Waals surface area contributed by atoms with E-state index in [4.69, 9.17) is 9.57 Å². The Morgan fingerprint density at radius 1 is 1.21 bits per heavy atom. The van der Waals surface area contributed by atoms with Crippen LogP contribution in [0.15, 0.2) is 18.2 Å². The fraction of sp³-hybridized carbons (Fsp3) is 0.529. The normalized spacial score (nSPS) is 27.7. The van der Waals surface area contributed by atoms with Crippen LogP contribution < -0.4 is 4.74 Å². The second-order valence-corrected chi connectivity index (χ2v) is 7.16. The number of carbonyl (C=O) groups is 2. The molecule has 3 atom stereocenters. The number of fused-ring (bicyclic) bond motifs is 1. The average Bonchev–Trinajstić information content (AvgIpc) is 3.00. The molecule has 3 unspecified atom stereocenters. The highest BCUT2D eigenvalue weighted by atomic mass is 16.7. The van der Waals surface area contributed by atoms with Gasteiger partial charge < -0.3 is 9.84 Å². The average molecular weight is 334 g/mol. The van der Waals surface area contributed by atoms with Crippen molar-refractivity contribution in [2.75, 3.05) is 14.2 Å². The molecule has 0 aromatic heterocycles. The highest BCUT2D eigenvalue weighted by Crippen LogP contribution is 2.48. The topological polar surface area (TPSA) is 79.3 Å². The fourth-order valence-electron chi connectivity index (χ4n) is 3.36. The van der Waals surface area contributed by atoms with E-state index in [1.54, 1.807) is 23.3 Å². The van der Waals surface area contributed by atoms with Crippen molar-refractivity contribution in [1.82, 2.24) is 9.96 Å². The van der Waals surface area contributed by atoms with Crippen LogP contribution in [0.4, 0.5) is 0 Å². The highest BCUT2D eigenvalue weighted by molar-refractivity contribution is 6.07. The number of imide groups is 1. The lowest BCUT2D eigenvalue weighted by Gasteiger charge is -2.36. The van der Waals surface area contributed by atoms with E-state index in [0.717, 1.165) is 4.90 Å². The number of likely N-dealkylation sites (tertiary alicyclic amines) is 1. The number of likely N-dealkylation sites (N-methyl/N-ethyl adjacent to an activating group) is 1. The van der Waals surface area contributed by atoms with Gasteiger partial charge in [-0.3, -0.25) is 19.3 Å². The van der Waals surface area contributed by atoms with Crippen LogP contribution in [0.25, 0.3) is 0 Å². The summed E-state index contributed by atoms with van der Waals surface area (Å²) in [5.74, 6) is -0.897. The number of ether oxygens (including phenoxy) is 1. The number of hydroxylamine groups is 2. The van der Waals surface area contributed by atoms with Gasteiger partial charge >= 0.3 is 0 Å². The van der Waals surface area contributed by atoms with Crippen LogP contribution in [0.1, 0.15) is 32.4 Å². The Kier molecular flexibility index (Phi) is 3.80. The lowest BCUT2D eigenvalue weighted by molar-refractivity contribution is -0.215. The number of rotatable bonds is 2. The number of phenolic OH excluding ortho intramolecular Hbond substituents is 1. The van der Waals surface area contributed by atoms with Gasteiger partial charge in [0.05, 0.1) is 19.1 Å². The molecule has 0 spiro atoms. The second-order valence-electron chi connectivity index (χ2n) is 7.16. The Morgan fingerprint density at radius 3 is 2.42 bits per heavy atom. The number of carbonyl (C=O) groups excluding carboxylic acids is 2. The fourth-order valence-corrected chi connectivity index (χ4v) is 3.36. The lowest BCUT2D eigenvalue weighted by atomic mass is 9.89. The summed E-state index contributed by atoms with van der Waals surface area (Å²) in [6.07, 6.45) is -0.823. The molecular formula is C17H22N2O5. The minimum absolute atomic E-state index is 0.0163. The summed E-state index contributed by atoms with van der Waals surface area (Å²) >= 11 is 0. The maximum Gasteiger partial charge on any atom is 0.261 e. The molecule has 0 radical (unpaired) electrons. The van der Waals surface area contributed by atoms with Gasteiger partial charge in [0, 0.05) is 12.6 Å². The number of nitrogens with zero attached hydrogens (tertiary/aromatic N) is 2. The number of benzene rings is 1. The minimum Gasteiger partial charge on any atom is -0.504 e. The molecule has 1 N–H and O–H groups in total. The van der Waals surface area contributed by atoms with Gasteiger partial charge in [-0.25, -0.2) is 0 Å². The second kappa shape index (κ2) is 5.46. The van der Waals surface area contributed by atoms with Gasteiger partial charge in [-0.1, -0.05) is 6.07 Å². The van der Waals surface area contributed by atoms with E-state index in [1.165, 1.54) is 14.2 Å². The number of methoxy groups -OCH3 is 1. The molecule has 3 rings (SSSR count). The third-order valence-corrected chi connectivity index (χ3v) is 4.54. The Hall–Kier alpha value is -2.12. The standard InChI is InChI=1S/C17H22N2O5/c1-17(2,3)19-13(9-6-7-11(23-5)10(20)8-9)12-14(24-19)16(22)18(4)15(12)21/h6-8,12-14,20H,1-5H3. The first-order chi connectivity index (χ1) is 11.2. The molecule has 130 valence electrons. The number of phenols is 1. The molecule has 1 aromatic rings. The summed E-state index contributed by atoms with van der Waals surface area (Å²) in [5.41, 5.74) is 0.274. The predicted molar refractivity (Wildman–Crippen MR) is 85.1 cm³/mol. The van der Waals surface area contributed by atoms with Crippen molar-refractivity contribution in [2.45, 2.75) is 38.5 Å². The maximum absolute atomic E-state index is 12.6. The van der Waals surface area contributed by atoms with Gasteiger partial charge in [0.1, 0.15) is 0 Å². The Bertz CT molecular complexity index is 697. The Morgan fingerprint density at radius 2 is 1.88 bits per heavy atom. The minimum atomic E-state index is -0.823. The smallest absolute Gasteiger partial charge is 0.261 e. The first kappa shape index (κ1) is 16.7. The third kappa shape index (κ3) is 2.35. The summed E-state index contributed by atoms with van der Waals surface area (Å²) in [7, 11) is 2.94. The van der Waals surface area contributed by atoms with Crippen molar-refractivity contribution in [3.05, 3.63) is 23.8 Å². The monoisotopic (exact) mass is 334 g/mol. The predicted octanol–water partition coefficient (Wildman–Crippen LogP) is 1.47. The molecule has 0 aliphatic carbocycles. The van der Waals surface area contributed by atoms with E-state index in [9.17, 15) is 14.7 Å². The quantitative estimate of drug-likeness (QED) is 0.825. The molecule has 1 aromatic carbocycles. The van der Waals surface area contributed by atoms with Crippen molar-refractivity contribution in [2.24, 2.45) is 5.92 Å². The molecule has 2 saturated heterocycles. The Balaban J connectivity index is 2.08. The molecule has 0 bridgehead atoms. The molecule has 2 aliphatic heterocycles. The summed E-state index contributed by atoms with van der Waals surface area (Å²) < 4.78 is 5.07. The molecule has 2 heterocycles. The van der Waals surface area contributed by atoms with Crippen LogP contribution in [-0.4, -0.2) is 52.7 Å². The van der Waals surface area contributed by atoms with Gasteiger partial charge in [-0.05, 0) is 38.5 Å². The SMILES string of the molecule is COc1ccc(C2C3C(=O)N(C)C(=O)C3ON2C(C)(C)C)cc1O. The zero-order chi connectivity index (χ0) is 17.8. The van der Waals surface area contributed by atoms with Crippen LogP contribution in [0.3, 0.4) is 0 Å². The summed E-state index contributed by atoms with van der Waals surface area (Å²) in [4.78, 5) is 31.9. The van der Waals surface area contributed by atoms with Crippen molar-refractivity contribution in [3.63, 3.8) is 0 Å². The zero-order valence-electron chi connectivity index (χ0n) is 14.4. The van der Waals surface area contributed by atoms with Crippen LogP contribution >= 0.6 is 0 Å². The van der Waals surface area contributed by atoms with Crippen molar-refractivity contribution in [3.8, 4) is 11.5 Å². The molecule has 2 aliphatic rings. The molecule has 2 fully saturated rings. The van der Waals surface area contributed by atoms with Gasteiger partial charge in [0.2, 0.25) is 5.91 Å². The summed E-state index contributed by atoms with van der Waals surface area (Å²) in [6.45, 7) is 5.84. The number of hydrogen-bond donors (Lipinski definition) is 1. The number of aromatic hydroxyl groups is 1. The maximum atomic E-state index is 12.6. The van der Waals surface area contributed by atoms with Crippen LogP contribution in [0.2, 0.25) is 0 Å². The van der Waals surface area contributed by atoms with Gasteiger partial charge in [-0.2, -0.15) is 5.06 Å². The molecule has 7 nitrogen and oxygen atoms in total. The first-order valence-electron chi connectivity index (χ1n) is 7.81. The molecular weight excluding hydrogens is 312 g/mol. The molecule has 0 saturated carbocycles. The van der Waals surface area contributed by atoms with Crippen molar-refractivity contribution >= 4 is 11.8 Å². The summed E-state index contributed by atoms with van der Waals surface area (Å²) in [6, 6.07) is 4.52. The first-order valence-corrected chi connectivity index (χ1v) is 7.81. The van der Waals surface area contributed by atoms with E-state index >= 15 is 0 Å². The van der Waals surface area contributed by atoms with E-state index < -0.39 is 23.6 Å². The zero-order valence-corrected chi connectivity index (χ0v) is 14.4. The van der Waals surface area contributed by atoms with Crippen molar-refractivity contribution < 1.29 is 24.3 Å². The van der Waals surface area contributed by atoms with Crippen LogP contribution in [-0.2, 0) is 14.4 Å². The van der Waals surface area contributed by atoms with Crippen molar-refractivity contribution in [1.29, 1.82) is 0 Å². The number of hydrogen-bond acceptors (Lipinski definition) is 6. The molecule has 2 amide bonds. The van der Waals surface area contributed by atoms with Gasteiger partial charge in [0.15, 0.2) is 17.6 Å². The van der Waals surface area contributed by atoms with E-state index in [-0.39, 0.29) is 17.6 Å². The summed E-state index contributed by atoms with van der Waals surface area (Å²) in [5, 5.41) is 11.8. The third-order valence-electron chi connectivity index (χ3n) is 4.54. The van der Waals surface area contributed by atoms with Gasteiger partial charge in [0.25, 0.3) is 5.91 Å². The number of amides is 2.